The Labute approximate surface area is 104 Å². The first-order chi connectivity index (χ1) is 7.48. The fourth-order valence-corrected chi connectivity index (χ4v) is 0.356. The van der Waals surface area contributed by atoms with Gasteiger partial charge < -0.3 is 4.55 Å². The Morgan fingerprint density at radius 2 is 0.722 bits per heavy atom. The molecule has 14 heteroatoms. The first-order valence-electron chi connectivity index (χ1n) is 3.12. The molecular formula is C4Cl2F10OS. The average Bonchev–Trinajstić information content (AvgIpc) is 1.97. The molecule has 0 saturated heterocycles. The van der Waals surface area contributed by atoms with Gasteiger partial charge in [-0.3, -0.25) is 0 Å². The maximum Gasteiger partial charge on any atom is 0.460 e. The molecule has 0 radical (unpaired) electrons. The van der Waals surface area contributed by atoms with Gasteiger partial charge in [-0.15, -0.1) is 0 Å². The summed E-state index contributed by atoms with van der Waals surface area (Å²) >= 11 is 0. The van der Waals surface area contributed by atoms with Crippen molar-refractivity contribution in [3.63, 3.8) is 0 Å². The fraction of sp³-hybridized carbons (Fsp3) is 1.00. The second kappa shape index (κ2) is 6.09. The molecule has 0 aliphatic carbocycles. The summed E-state index contributed by atoms with van der Waals surface area (Å²) in [4.78, 5) is 0. The van der Waals surface area contributed by atoms with Gasteiger partial charge in [-0.25, -0.2) is 0 Å². The van der Waals surface area contributed by atoms with Crippen LogP contribution in [0.15, 0.2) is 0 Å². The smallest absolute Gasteiger partial charge is 0.460 e. The lowest BCUT2D eigenvalue weighted by atomic mass is 10.1. The summed E-state index contributed by atoms with van der Waals surface area (Å²) in [5.41, 5.74) is 0. The lowest BCUT2D eigenvalue weighted by Gasteiger charge is -2.29. The highest BCUT2D eigenvalue weighted by Gasteiger charge is 2.82. The van der Waals surface area contributed by atoms with Crippen LogP contribution in [0, 0.1) is 0 Å². The molecule has 0 N–H and O–H groups in total. The highest BCUT2D eigenvalue weighted by molar-refractivity contribution is 8.31. The van der Waals surface area contributed by atoms with Crippen molar-refractivity contribution in [2.24, 2.45) is 0 Å². The van der Waals surface area contributed by atoms with Gasteiger partial charge in [0.25, 0.3) is 0 Å². The van der Waals surface area contributed by atoms with Gasteiger partial charge in [0, 0.05) is 0 Å². The van der Waals surface area contributed by atoms with Gasteiger partial charge in [0.2, 0.25) is 0 Å². The molecule has 0 unspecified atom stereocenters. The topological polar surface area (TPSA) is 23.1 Å². The SMILES string of the molecule is FC(F)(F)C(F)(F)C(F)(F)C(F)(F)F.[O-][S+](Cl)Cl. The molecule has 0 rings (SSSR count). The fourth-order valence-electron chi connectivity index (χ4n) is 0.356. The van der Waals surface area contributed by atoms with Crippen molar-refractivity contribution in [3.8, 4) is 0 Å². The first-order valence-corrected chi connectivity index (χ1v) is 5.92. The number of hydrogen-bond donors (Lipinski definition) is 0. The van der Waals surface area contributed by atoms with E-state index in [0.717, 1.165) is 0 Å². The molecule has 0 aliphatic heterocycles. The minimum Gasteiger partial charge on any atom is -0.582 e. The van der Waals surface area contributed by atoms with E-state index in [1.165, 1.54) is 0 Å². The number of alkyl halides is 10. The molecule has 112 valence electrons. The van der Waals surface area contributed by atoms with Crippen LogP contribution in [0.25, 0.3) is 0 Å². The zero-order valence-electron chi connectivity index (χ0n) is 7.35. The Morgan fingerprint density at radius 1 is 0.611 bits per heavy atom. The standard InChI is InChI=1S/C4F10.Cl2OS/c5-1(6,3(9,10)11)2(7,8)4(12,13)14;1-4(2)3. The highest BCUT2D eigenvalue weighted by Crippen LogP contribution is 2.53. The van der Waals surface area contributed by atoms with E-state index in [0.29, 0.717) is 0 Å². The molecule has 0 atom stereocenters. The third kappa shape index (κ3) is 5.05. The van der Waals surface area contributed by atoms with Crippen molar-refractivity contribution >= 4 is 31.0 Å². The Morgan fingerprint density at radius 3 is 0.778 bits per heavy atom. The molecule has 1 nitrogen and oxygen atoms in total. The van der Waals surface area contributed by atoms with E-state index in [2.05, 4.69) is 21.4 Å². The first kappa shape index (κ1) is 20.5. The Hall–Kier alpha value is 0.190. The monoisotopic (exact) mass is 356 g/mol. The third-order valence-corrected chi connectivity index (χ3v) is 1.11. The van der Waals surface area contributed by atoms with Crippen molar-refractivity contribution in [2.75, 3.05) is 0 Å². The number of rotatable bonds is 1. The lowest BCUT2D eigenvalue weighted by molar-refractivity contribution is -0.419. The Balaban J connectivity index is 0. The Bertz CT molecular complexity index is 233. The van der Waals surface area contributed by atoms with Crippen LogP contribution in [0.4, 0.5) is 43.9 Å². The summed E-state index contributed by atoms with van der Waals surface area (Å²) < 4.78 is 122. The minimum atomic E-state index is -7.14. The molecule has 0 saturated carbocycles. The molecule has 0 amide bonds. The van der Waals surface area contributed by atoms with Gasteiger partial charge in [-0.05, 0) is 0 Å². The van der Waals surface area contributed by atoms with Crippen LogP contribution in [0.2, 0.25) is 0 Å². The molecule has 0 bridgehead atoms. The summed E-state index contributed by atoms with van der Waals surface area (Å²) in [5, 5.41) is 0. The van der Waals surface area contributed by atoms with E-state index in [1.54, 1.807) is 0 Å². The van der Waals surface area contributed by atoms with E-state index >= 15 is 0 Å². The lowest BCUT2D eigenvalue weighted by Crippen LogP contribution is -2.59. The van der Waals surface area contributed by atoms with Crippen molar-refractivity contribution < 1.29 is 48.5 Å². The number of halogens is 12. The van der Waals surface area contributed by atoms with Crippen molar-refractivity contribution in [1.82, 2.24) is 0 Å². The van der Waals surface area contributed by atoms with Crippen molar-refractivity contribution in [1.29, 1.82) is 0 Å². The van der Waals surface area contributed by atoms with Gasteiger partial charge in [-0.2, -0.15) is 43.9 Å². The maximum atomic E-state index is 11.6. The molecule has 0 aliphatic rings. The normalized spacial score (nSPS) is 14.3. The van der Waals surface area contributed by atoms with Gasteiger partial charge in [0.05, 0.1) is 0 Å². The predicted molar refractivity (Wildman–Crippen MR) is 41.9 cm³/mol. The summed E-state index contributed by atoms with van der Waals surface area (Å²) in [6.45, 7) is 0. The molecule has 18 heavy (non-hydrogen) atoms. The van der Waals surface area contributed by atoms with E-state index in [-0.39, 0.29) is 0 Å². The highest BCUT2D eigenvalue weighted by atomic mass is 36.0. The van der Waals surface area contributed by atoms with E-state index in [9.17, 15) is 43.9 Å². The second-order valence-electron chi connectivity index (χ2n) is 2.33. The zero-order valence-corrected chi connectivity index (χ0v) is 9.68. The summed E-state index contributed by atoms with van der Waals surface area (Å²) in [6.07, 6.45) is -13.9. The van der Waals surface area contributed by atoms with Crippen LogP contribution in [-0.2, 0) is 9.60 Å². The quantitative estimate of drug-likeness (QED) is 0.503. The van der Waals surface area contributed by atoms with Gasteiger partial charge in [-0.1, -0.05) is 0 Å². The Kier molecular flexibility index (Phi) is 6.94. The van der Waals surface area contributed by atoms with Gasteiger partial charge in [0.15, 0.2) is 31.0 Å². The molecule has 0 spiro atoms. The van der Waals surface area contributed by atoms with E-state index in [4.69, 9.17) is 4.55 Å². The molecule has 0 aromatic heterocycles. The molecule has 0 fully saturated rings. The average molecular weight is 357 g/mol. The number of hydrogen-bond acceptors (Lipinski definition) is 1. The van der Waals surface area contributed by atoms with Gasteiger partial charge in [0.1, 0.15) is 0 Å². The van der Waals surface area contributed by atoms with Crippen LogP contribution >= 0.6 is 21.4 Å². The summed E-state index contributed by atoms with van der Waals surface area (Å²) in [6, 6.07) is 0. The van der Waals surface area contributed by atoms with Crippen molar-refractivity contribution in [2.45, 2.75) is 24.2 Å². The molecule has 0 aromatic carbocycles. The van der Waals surface area contributed by atoms with Gasteiger partial charge >= 0.3 is 24.2 Å². The minimum absolute atomic E-state index is 1.67. The van der Waals surface area contributed by atoms with Crippen LogP contribution < -0.4 is 0 Å². The summed E-state index contributed by atoms with van der Waals surface area (Å²) in [7, 11) is 7.36. The van der Waals surface area contributed by atoms with E-state index < -0.39 is 33.8 Å². The van der Waals surface area contributed by atoms with E-state index in [1.807, 2.05) is 0 Å². The molecule has 0 aromatic rings. The van der Waals surface area contributed by atoms with Crippen LogP contribution in [0.1, 0.15) is 0 Å². The van der Waals surface area contributed by atoms with Crippen LogP contribution in [0.3, 0.4) is 0 Å². The molecule has 0 heterocycles. The summed E-state index contributed by atoms with van der Waals surface area (Å²) in [5.74, 6) is -14.3. The molecular weight excluding hydrogens is 357 g/mol. The second-order valence-corrected chi connectivity index (χ2v) is 4.85. The largest absolute Gasteiger partial charge is 0.582 e. The predicted octanol–water partition coefficient (Wildman–Crippen LogP) is 4.42. The van der Waals surface area contributed by atoms with Crippen molar-refractivity contribution in [3.05, 3.63) is 0 Å². The van der Waals surface area contributed by atoms with Crippen LogP contribution in [0.5, 0.6) is 0 Å². The maximum absolute atomic E-state index is 11.6. The zero-order chi connectivity index (χ0) is 15.6. The van der Waals surface area contributed by atoms with Crippen LogP contribution in [-0.4, -0.2) is 28.8 Å². The third-order valence-electron chi connectivity index (χ3n) is 1.11.